The molecule has 0 spiro atoms. The van der Waals surface area contributed by atoms with Crippen LogP contribution in [0.2, 0.25) is 0 Å². The van der Waals surface area contributed by atoms with Gasteiger partial charge < -0.3 is 9.84 Å². The molecule has 1 fully saturated rings. The highest BCUT2D eigenvalue weighted by molar-refractivity contribution is 5.80. The first-order valence-corrected chi connectivity index (χ1v) is 7.04. The summed E-state index contributed by atoms with van der Waals surface area (Å²) in [5.74, 6) is 1.06. The number of carbonyl (C=O) groups excluding carboxylic acids is 1. The number of hydrogen-bond acceptors (Lipinski definition) is 3. The number of rotatable bonds is 7. The third-order valence-corrected chi connectivity index (χ3v) is 3.89. The van der Waals surface area contributed by atoms with Gasteiger partial charge in [0.2, 0.25) is 0 Å². The summed E-state index contributed by atoms with van der Waals surface area (Å²) in [7, 11) is 0. The molecule has 1 aromatic carbocycles. The fraction of sp³-hybridized carbons (Fsp3) is 0.562. The van der Waals surface area contributed by atoms with E-state index in [2.05, 4.69) is 0 Å². The Morgan fingerprint density at radius 3 is 2.74 bits per heavy atom. The highest BCUT2D eigenvalue weighted by Gasteiger charge is 2.29. The zero-order valence-electron chi connectivity index (χ0n) is 11.3. The SMILES string of the molecule is O=C1CC[C@H]([C@H](CCO)COCc2ccccc2)C1. The maximum Gasteiger partial charge on any atom is 0.133 e. The van der Waals surface area contributed by atoms with Crippen molar-refractivity contribution in [2.24, 2.45) is 11.8 Å². The summed E-state index contributed by atoms with van der Waals surface area (Å²) in [5.41, 5.74) is 1.16. The smallest absolute Gasteiger partial charge is 0.133 e. The van der Waals surface area contributed by atoms with Gasteiger partial charge in [-0.05, 0) is 30.2 Å². The van der Waals surface area contributed by atoms with Crippen molar-refractivity contribution in [2.75, 3.05) is 13.2 Å². The van der Waals surface area contributed by atoms with E-state index in [9.17, 15) is 4.79 Å². The molecule has 3 nitrogen and oxygen atoms in total. The van der Waals surface area contributed by atoms with Crippen molar-refractivity contribution in [3.05, 3.63) is 35.9 Å². The van der Waals surface area contributed by atoms with Crippen LogP contribution in [-0.4, -0.2) is 24.1 Å². The van der Waals surface area contributed by atoms with Crippen molar-refractivity contribution in [1.29, 1.82) is 0 Å². The third kappa shape index (κ3) is 4.44. The highest BCUT2D eigenvalue weighted by atomic mass is 16.5. The average molecular weight is 262 g/mol. The molecule has 1 N–H and O–H groups in total. The quantitative estimate of drug-likeness (QED) is 0.821. The molecule has 0 bridgehead atoms. The first-order chi connectivity index (χ1) is 9.29. The summed E-state index contributed by atoms with van der Waals surface area (Å²) >= 11 is 0. The van der Waals surface area contributed by atoms with Crippen molar-refractivity contribution < 1.29 is 14.6 Å². The zero-order chi connectivity index (χ0) is 13.5. The number of ketones is 1. The Morgan fingerprint density at radius 2 is 2.11 bits per heavy atom. The summed E-state index contributed by atoms with van der Waals surface area (Å²) in [4.78, 5) is 11.4. The number of hydrogen-bond donors (Lipinski definition) is 1. The van der Waals surface area contributed by atoms with Gasteiger partial charge in [-0.2, -0.15) is 0 Å². The van der Waals surface area contributed by atoms with E-state index >= 15 is 0 Å². The lowest BCUT2D eigenvalue weighted by atomic mass is 9.89. The second-order valence-corrected chi connectivity index (χ2v) is 5.31. The minimum Gasteiger partial charge on any atom is -0.396 e. The number of carbonyl (C=O) groups is 1. The standard InChI is InChI=1S/C16H22O3/c17-9-8-15(14-6-7-16(18)10-14)12-19-11-13-4-2-1-3-5-13/h1-5,14-15,17H,6-12H2/t14-,15+/m0/s1. The molecule has 3 heteroatoms. The Labute approximate surface area is 114 Å². The van der Waals surface area contributed by atoms with Crippen LogP contribution < -0.4 is 0 Å². The van der Waals surface area contributed by atoms with Crippen LogP contribution in [-0.2, 0) is 16.1 Å². The van der Waals surface area contributed by atoms with Crippen LogP contribution in [0.5, 0.6) is 0 Å². The Bertz CT molecular complexity index is 388. The largest absolute Gasteiger partial charge is 0.396 e. The average Bonchev–Trinajstić information content (AvgIpc) is 2.86. The van der Waals surface area contributed by atoms with E-state index in [1.807, 2.05) is 30.3 Å². The van der Waals surface area contributed by atoms with Crippen molar-refractivity contribution in [1.82, 2.24) is 0 Å². The molecule has 104 valence electrons. The van der Waals surface area contributed by atoms with E-state index in [4.69, 9.17) is 9.84 Å². The predicted molar refractivity (Wildman–Crippen MR) is 73.6 cm³/mol. The van der Waals surface area contributed by atoms with Gasteiger partial charge in [0.1, 0.15) is 5.78 Å². The lowest BCUT2D eigenvalue weighted by molar-refractivity contribution is -0.117. The van der Waals surface area contributed by atoms with Crippen LogP contribution in [0.1, 0.15) is 31.2 Å². The molecule has 1 saturated carbocycles. The Morgan fingerprint density at radius 1 is 1.32 bits per heavy atom. The summed E-state index contributed by atoms with van der Waals surface area (Å²) in [5, 5.41) is 9.14. The molecule has 1 aromatic rings. The summed E-state index contributed by atoms with van der Waals surface area (Å²) in [6.45, 7) is 1.40. The lowest BCUT2D eigenvalue weighted by Gasteiger charge is -2.22. The summed E-state index contributed by atoms with van der Waals surface area (Å²) < 4.78 is 5.76. The molecule has 1 aliphatic rings. The van der Waals surface area contributed by atoms with E-state index in [-0.39, 0.29) is 6.61 Å². The minimum absolute atomic E-state index is 0.171. The fourth-order valence-corrected chi connectivity index (χ4v) is 2.77. The molecule has 2 atom stereocenters. The molecule has 0 aromatic heterocycles. The normalized spacial score (nSPS) is 20.7. The van der Waals surface area contributed by atoms with Crippen LogP contribution >= 0.6 is 0 Å². The highest BCUT2D eigenvalue weighted by Crippen LogP contribution is 2.31. The van der Waals surface area contributed by atoms with Gasteiger partial charge in [-0.15, -0.1) is 0 Å². The maximum absolute atomic E-state index is 11.4. The Kier molecular flexibility index (Phi) is 5.55. The summed E-state index contributed by atoms with van der Waals surface area (Å²) in [6.07, 6.45) is 3.05. The van der Waals surface area contributed by atoms with Crippen molar-refractivity contribution in [3.8, 4) is 0 Å². The molecule has 0 heterocycles. The van der Waals surface area contributed by atoms with E-state index in [1.165, 1.54) is 0 Å². The van der Waals surface area contributed by atoms with Gasteiger partial charge in [-0.3, -0.25) is 4.79 Å². The van der Waals surface area contributed by atoms with E-state index in [0.29, 0.717) is 43.7 Å². The minimum atomic E-state index is 0.171. The zero-order valence-corrected chi connectivity index (χ0v) is 11.3. The van der Waals surface area contributed by atoms with Gasteiger partial charge >= 0.3 is 0 Å². The monoisotopic (exact) mass is 262 g/mol. The second-order valence-electron chi connectivity index (χ2n) is 5.31. The van der Waals surface area contributed by atoms with E-state index in [1.54, 1.807) is 0 Å². The molecule has 0 aliphatic heterocycles. The number of ether oxygens (including phenoxy) is 1. The van der Waals surface area contributed by atoms with Gasteiger partial charge in [0.15, 0.2) is 0 Å². The van der Waals surface area contributed by atoms with Gasteiger partial charge in [-0.1, -0.05) is 30.3 Å². The number of benzene rings is 1. The van der Waals surface area contributed by atoms with Crippen molar-refractivity contribution in [3.63, 3.8) is 0 Å². The first-order valence-electron chi connectivity index (χ1n) is 7.04. The molecule has 0 unspecified atom stereocenters. The van der Waals surface area contributed by atoms with Crippen LogP contribution in [0.4, 0.5) is 0 Å². The Balaban J connectivity index is 1.78. The lowest BCUT2D eigenvalue weighted by Crippen LogP contribution is -2.20. The topological polar surface area (TPSA) is 46.5 Å². The van der Waals surface area contributed by atoms with Crippen LogP contribution in [0, 0.1) is 11.8 Å². The van der Waals surface area contributed by atoms with Crippen molar-refractivity contribution >= 4 is 5.78 Å². The van der Waals surface area contributed by atoms with Gasteiger partial charge in [0.05, 0.1) is 13.2 Å². The molecule has 2 rings (SSSR count). The number of aliphatic hydroxyl groups is 1. The molecular formula is C16H22O3. The van der Waals surface area contributed by atoms with Gasteiger partial charge in [-0.25, -0.2) is 0 Å². The van der Waals surface area contributed by atoms with Gasteiger partial charge in [0.25, 0.3) is 0 Å². The van der Waals surface area contributed by atoms with Gasteiger partial charge in [0, 0.05) is 19.4 Å². The van der Waals surface area contributed by atoms with Crippen LogP contribution in [0.25, 0.3) is 0 Å². The first kappa shape index (κ1) is 14.2. The van der Waals surface area contributed by atoms with Crippen LogP contribution in [0.3, 0.4) is 0 Å². The van der Waals surface area contributed by atoms with E-state index in [0.717, 1.165) is 18.4 Å². The number of aliphatic hydroxyl groups excluding tert-OH is 1. The van der Waals surface area contributed by atoms with E-state index < -0.39 is 0 Å². The maximum atomic E-state index is 11.4. The predicted octanol–water partition coefficient (Wildman–Crippen LogP) is 2.57. The fourth-order valence-electron chi connectivity index (χ4n) is 2.77. The number of Topliss-reactive ketones (excluding diaryl/α,β-unsaturated/α-hetero) is 1. The molecular weight excluding hydrogens is 240 g/mol. The third-order valence-electron chi connectivity index (χ3n) is 3.89. The summed E-state index contributed by atoms with van der Waals surface area (Å²) in [6, 6.07) is 10.1. The van der Waals surface area contributed by atoms with Crippen molar-refractivity contribution in [2.45, 2.75) is 32.3 Å². The second kappa shape index (κ2) is 7.41. The molecule has 0 radical (unpaired) electrons. The molecule has 0 saturated heterocycles. The molecule has 1 aliphatic carbocycles. The molecule has 0 amide bonds. The van der Waals surface area contributed by atoms with Crippen LogP contribution in [0.15, 0.2) is 30.3 Å². The Hall–Kier alpha value is -1.19. The molecule has 19 heavy (non-hydrogen) atoms.